The van der Waals surface area contributed by atoms with Gasteiger partial charge in [0.2, 0.25) is 0 Å². The summed E-state index contributed by atoms with van der Waals surface area (Å²) in [4.78, 5) is 4.34. The quantitative estimate of drug-likeness (QED) is 0.813. The van der Waals surface area contributed by atoms with Gasteiger partial charge in [-0.05, 0) is 43.3 Å². The molecular weight excluding hydrogens is 241 g/mol. The zero-order valence-electron chi connectivity index (χ0n) is 10.5. The Kier molecular flexibility index (Phi) is 4.08. The van der Waals surface area contributed by atoms with Gasteiger partial charge >= 0.3 is 0 Å². The second-order valence-corrected chi connectivity index (χ2v) is 4.12. The lowest BCUT2D eigenvalue weighted by atomic mass is 10.2. The Morgan fingerprint density at radius 2 is 1.79 bits per heavy atom. The van der Waals surface area contributed by atoms with E-state index in [1.807, 2.05) is 6.92 Å². The number of halogens is 1. The highest BCUT2D eigenvalue weighted by atomic mass is 19.1. The van der Waals surface area contributed by atoms with E-state index in [1.165, 1.54) is 6.07 Å². The van der Waals surface area contributed by atoms with Gasteiger partial charge in [-0.25, -0.2) is 4.39 Å². The van der Waals surface area contributed by atoms with Crippen molar-refractivity contribution >= 4 is 17.5 Å². The van der Waals surface area contributed by atoms with E-state index in [-0.39, 0.29) is 11.6 Å². The third kappa shape index (κ3) is 3.78. The molecule has 0 spiro atoms. The average Bonchev–Trinajstić information content (AvgIpc) is 2.40. The van der Waals surface area contributed by atoms with E-state index in [1.54, 1.807) is 54.6 Å². The molecule has 0 heterocycles. The summed E-state index contributed by atoms with van der Waals surface area (Å²) in [7, 11) is 0. The number of allylic oxidation sites excluding steroid dienone is 1. The number of benzene rings is 2. The van der Waals surface area contributed by atoms with E-state index in [9.17, 15) is 4.39 Å². The molecule has 0 radical (unpaired) electrons. The van der Waals surface area contributed by atoms with E-state index in [0.29, 0.717) is 5.56 Å². The first kappa shape index (κ1) is 13.0. The highest BCUT2D eigenvalue weighted by molar-refractivity contribution is 5.97. The molecule has 0 fully saturated rings. The van der Waals surface area contributed by atoms with Crippen molar-refractivity contribution in [1.29, 1.82) is 0 Å². The Morgan fingerprint density at radius 3 is 2.47 bits per heavy atom. The van der Waals surface area contributed by atoms with Crippen LogP contribution in [0.15, 0.2) is 59.6 Å². The molecule has 2 rings (SSSR count). The summed E-state index contributed by atoms with van der Waals surface area (Å²) in [5, 5.41) is 9.17. The van der Waals surface area contributed by atoms with Crippen LogP contribution in [-0.4, -0.2) is 10.8 Å². The highest BCUT2D eigenvalue weighted by Gasteiger charge is 1.95. The van der Waals surface area contributed by atoms with Gasteiger partial charge in [-0.3, -0.25) is 4.99 Å². The summed E-state index contributed by atoms with van der Waals surface area (Å²) in [6.45, 7) is 1.84. The van der Waals surface area contributed by atoms with Crippen molar-refractivity contribution in [2.75, 3.05) is 0 Å². The third-order valence-electron chi connectivity index (χ3n) is 2.56. The molecule has 0 atom stereocenters. The molecule has 0 aliphatic heterocycles. The van der Waals surface area contributed by atoms with Gasteiger partial charge in [0, 0.05) is 11.3 Å². The van der Waals surface area contributed by atoms with Gasteiger partial charge in [0.1, 0.15) is 11.6 Å². The lowest BCUT2D eigenvalue weighted by Crippen LogP contribution is -1.85. The van der Waals surface area contributed by atoms with Crippen LogP contribution in [0.4, 0.5) is 10.1 Å². The van der Waals surface area contributed by atoms with E-state index in [0.717, 1.165) is 11.4 Å². The molecule has 2 aromatic carbocycles. The molecule has 3 heteroatoms. The lowest BCUT2D eigenvalue weighted by molar-refractivity contribution is 0.475. The number of phenols is 1. The maximum atomic E-state index is 13.4. The van der Waals surface area contributed by atoms with Crippen LogP contribution in [0, 0.1) is 5.82 Å². The van der Waals surface area contributed by atoms with Crippen molar-refractivity contribution in [3.63, 3.8) is 0 Å². The van der Waals surface area contributed by atoms with Crippen LogP contribution in [0.1, 0.15) is 12.5 Å². The fraction of sp³-hybridized carbons (Fsp3) is 0.0625. The van der Waals surface area contributed by atoms with Gasteiger partial charge in [-0.1, -0.05) is 24.3 Å². The Bertz CT molecular complexity index is 615. The van der Waals surface area contributed by atoms with Crippen LogP contribution < -0.4 is 0 Å². The van der Waals surface area contributed by atoms with Gasteiger partial charge in [0.15, 0.2) is 0 Å². The van der Waals surface area contributed by atoms with Crippen LogP contribution in [0.5, 0.6) is 5.75 Å². The Labute approximate surface area is 111 Å². The van der Waals surface area contributed by atoms with E-state index in [4.69, 9.17) is 5.11 Å². The van der Waals surface area contributed by atoms with E-state index in [2.05, 4.69) is 4.99 Å². The molecule has 0 amide bonds. The minimum atomic E-state index is -0.254. The lowest BCUT2D eigenvalue weighted by Gasteiger charge is -1.97. The Morgan fingerprint density at radius 1 is 1.11 bits per heavy atom. The van der Waals surface area contributed by atoms with Crippen molar-refractivity contribution in [3.05, 3.63) is 66.0 Å². The minimum Gasteiger partial charge on any atom is -0.508 e. The first-order chi connectivity index (χ1) is 9.15. The summed E-state index contributed by atoms with van der Waals surface area (Å²) in [5.74, 6) is -0.0466. The molecule has 1 N–H and O–H groups in total. The Hall–Kier alpha value is -2.42. The Balaban J connectivity index is 2.14. The standard InChI is InChI=1S/C16H14FNO/c1-12(18-14-8-10-15(19)11-9-14)6-7-13-4-2-3-5-16(13)17/h2-11,19H,1H3/b7-6+,18-12?. The van der Waals surface area contributed by atoms with Crippen molar-refractivity contribution in [1.82, 2.24) is 0 Å². The van der Waals surface area contributed by atoms with E-state index < -0.39 is 0 Å². The zero-order valence-corrected chi connectivity index (χ0v) is 10.5. The van der Waals surface area contributed by atoms with Crippen molar-refractivity contribution in [3.8, 4) is 5.75 Å². The molecule has 96 valence electrons. The van der Waals surface area contributed by atoms with Crippen molar-refractivity contribution < 1.29 is 9.50 Å². The first-order valence-electron chi connectivity index (χ1n) is 5.92. The summed E-state index contributed by atoms with van der Waals surface area (Å²) < 4.78 is 13.4. The maximum absolute atomic E-state index is 13.4. The number of rotatable bonds is 3. The van der Waals surface area contributed by atoms with Gasteiger partial charge < -0.3 is 5.11 Å². The first-order valence-corrected chi connectivity index (χ1v) is 5.92. The highest BCUT2D eigenvalue weighted by Crippen LogP contribution is 2.17. The largest absolute Gasteiger partial charge is 0.508 e. The zero-order chi connectivity index (χ0) is 13.7. The number of aromatic hydroxyl groups is 1. The molecule has 0 aliphatic rings. The van der Waals surface area contributed by atoms with Gasteiger partial charge in [0.25, 0.3) is 0 Å². The molecule has 2 nitrogen and oxygen atoms in total. The molecule has 0 bridgehead atoms. The van der Waals surface area contributed by atoms with Crippen LogP contribution in [0.25, 0.3) is 6.08 Å². The topological polar surface area (TPSA) is 32.6 Å². The monoisotopic (exact) mass is 255 g/mol. The fourth-order valence-electron chi connectivity index (χ4n) is 1.59. The molecule has 2 aromatic rings. The molecular formula is C16H14FNO. The average molecular weight is 255 g/mol. The smallest absolute Gasteiger partial charge is 0.130 e. The van der Waals surface area contributed by atoms with Crippen molar-refractivity contribution in [2.24, 2.45) is 4.99 Å². The SMILES string of the molecule is CC(/C=C/c1ccccc1F)=Nc1ccc(O)cc1. The number of nitrogens with zero attached hydrogens (tertiary/aromatic N) is 1. The normalized spacial score (nSPS) is 12.0. The van der Waals surface area contributed by atoms with Crippen LogP contribution in [0.3, 0.4) is 0 Å². The summed E-state index contributed by atoms with van der Waals surface area (Å²) >= 11 is 0. The molecule has 0 aromatic heterocycles. The third-order valence-corrected chi connectivity index (χ3v) is 2.56. The number of phenolic OH excluding ortho intramolecular Hbond substituents is 1. The molecule has 0 saturated heterocycles. The predicted molar refractivity (Wildman–Crippen MR) is 76.3 cm³/mol. The van der Waals surface area contributed by atoms with Crippen molar-refractivity contribution in [2.45, 2.75) is 6.92 Å². The summed E-state index contributed by atoms with van der Waals surface area (Å²) in [6.07, 6.45) is 3.44. The van der Waals surface area contributed by atoms with Gasteiger partial charge in [-0.15, -0.1) is 0 Å². The minimum absolute atomic E-state index is 0.207. The summed E-state index contributed by atoms with van der Waals surface area (Å²) in [6, 6.07) is 13.2. The van der Waals surface area contributed by atoms with Gasteiger partial charge in [-0.2, -0.15) is 0 Å². The molecule has 0 unspecified atom stereocenters. The number of hydrogen-bond acceptors (Lipinski definition) is 2. The predicted octanol–water partition coefficient (Wildman–Crippen LogP) is 4.34. The van der Waals surface area contributed by atoms with Crippen LogP contribution in [-0.2, 0) is 0 Å². The summed E-state index contributed by atoms with van der Waals surface area (Å²) in [5.41, 5.74) is 2.03. The van der Waals surface area contributed by atoms with Crippen LogP contribution in [0.2, 0.25) is 0 Å². The van der Waals surface area contributed by atoms with Gasteiger partial charge in [0.05, 0.1) is 5.69 Å². The molecule has 0 saturated carbocycles. The molecule has 19 heavy (non-hydrogen) atoms. The number of aliphatic imine (C=N–C) groups is 1. The molecule has 0 aliphatic carbocycles. The maximum Gasteiger partial charge on any atom is 0.130 e. The number of hydrogen-bond donors (Lipinski definition) is 1. The second kappa shape index (κ2) is 5.96. The van der Waals surface area contributed by atoms with E-state index >= 15 is 0 Å². The van der Waals surface area contributed by atoms with Crippen LogP contribution >= 0.6 is 0 Å². The second-order valence-electron chi connectivity index (χ2n) is 4.12. The fourth-order valence-corrected chi connectivity index (χ4v) is 1.59.